The zero-order valence-electron chi connectivity index (χ0n) is 26.1. The van der Waals surface area contributed by atoms with Crippen LogP contribution in [0.4, 0.5) is 0 Å². The molecule has 2 atom stereocenters. The lowest BCUT2D eigenvalue weighted by atomic mass is 9.67. The van der Waals surface area contributed by atoms with Crippen LogP contribution in [0.2, 0.25) is 0 Å². The molecule has 3 heterocycles. The Balaban J connectivity index is 1.66. The van der Waals surface area contributed by atoms with Crippen LogP contribution in [0.3, 0.4) is 0 Å². The van der Waals surface area contributed by atoms with Gasteiger partial charge in [-0.15, -0.1) is 11.3 Å². The lowest BCUT2D eigenvalue weighted by molar-refractivity contribution is -0.104. The van der Waals surface area contributed by atoms with E-state index in [1.165, 1.54) is 0 Å². The molecule has 3 nitrogen and oxygen atoms in total. The number of methoxy groups -OCH3 is 1. The fraction of sp³-hybridized carbons (Fsp3) is 0.609. The van der Waals surface area contributed by atoms with E-state index in [0.29, 0.717) is 49.3 Å². The highest BCUT2D eigenvalue weighted by Gasteiger charge is 2.48. The van der Waals surface area contributed by atoms with E-state index in [1.807, 2.05) is 12.1 Å². The molecule has 4 heteroatoms. The van der Waals surface area contributed by atoms with Crippen LogP contribution in [-0.4, -0.2) is 24.2 Å². The minimum atomic E-state index is -2.96. The van der Waals surface area contributed by atoms with Crippen molar-refractivity contribution >= 4 is 11.3 Å². The van der Waals surface area contributed by atoms with Crippen molar-refractivity contribution in [3.8, 4) is 5.75 Å². The lowest BCUT2D eigenvalue weighted by Gasteiger charge is -2.46. The molecule has 1 aliphatic carbocycles. The quantitative estimate of drug-likeness (QED) is 0.581. The molecule has 146 valence electrons. The third-order valence-corrected chi connectivity index (χ3v) is 6.26. The summed E-state index contributed by atoms with van der Waals surface area (Å²) in [5.41, 5.74) is -0.957. The van der Waals surface area contributed by atoms with Crippen LogP contribution >= 0.6 is 11.3 Å². The van der Waals surface area contributed by atoms with E-state index >= 15 is 0 Å². The molecule has 1 saturated heterocycles. The van der Waals surface area contributed by atoms with Gasteiger partial charge in [0.25, 0.3) is 0 Å². The van der Waals surface area contributed by atoms with E-state index in [4.69, 9.17) is 24.6 Å². The molecule has 4 rings (SSSR count). The van der Waals surface area contributed by atoms with Gasteiger partial charge in [0.15, 0.2) is 0 Å². The highest BCUT2D eigenvalue weighted by Crippen LogP contribution is 2.50. The number of hydrogen-bond acceptors (Lipinski definition) is 4. The van der Waals surface area contributed by atoms with Gasteiger partial charge in [-0.2, -0.15) is 0 Å². The van der Waals surface area contributed by atoms with Crippen molar-refractivity contribution in [3.05, 3.63) is 46.4 Å². The molecule has 1 unspecified atom stereocenters. The van der Waals surface area contributed by atoms with Crippen LogP contribution in [0, 0.1) is 0 Å². The number of pyridine rings is 1. The first-order chi connectivity index (χ1) is 17.4. The number of rotatable bonds is 7. The summed E-state index contributed by atoms with van der Waals surface area (Å²) in [6.45, 7) is 0.293. The van der Waals surface area contributed by atoms with Gasteiger partial charge in [0.1, 0.15) is 5.75 Å². The summed E-state index contributed by atoms with van der Waals surface area (Å²) in [5.74, 6) is -0.557. The molecule has 2 aliphatic rings. The fourth-order valence-electron chi connectivity index (χ4n) is 4.21. The van der Waals surface area contributed by atoms with Crippen molar-refractivity contribution in [2.24, 2.45) is 0 Å². The largest absolute Gasteiger partial charge is 0.496 e. The highest BCUT2D eigenvalue weighted by molar-refractivity contribution is 7.10. The maximum atomic E-state index is 8.93. The number of ether oxygens (including phenoxy) is 2. The van der Waals surface area contributed by atoms with E-state index in [2.05, 4.69) is 4.98 Å². The smallest absolute Gasteiger partial charge is 0.132 e. The first-order valence-corrected chi connectivity index (χ1v) is 10.0. The molecule has 0 aromatic carbocycles. The predicted octanol–water partition coefficient (Wildman–Crippen LogP) is 5.93. The van der Waals surface area contributed by atoms with Gasteiger partial charge in [0, 0.05) is 37.0 Å². The molecular weight excluding hydrogens is 354 g/mol. The van der Waals surface area contributed by atoms with E-state index in [0.717, 1.165) is 0 Å². The summed E-state index contributed by atoms with van der Waals surface area (Å²) in [7, 11) is -2.96. The minimum absolute atomic E-state index is 0.118. The summed E-state index contributed by atoms with van der Waals surface area (Å²) in [5, 5.41) is -0.365. The van der Waals surface area contributed by atoms with Gasteiger partial charge in [-0.05, 0) is 68.4 Å². The van der Waals surface area contributed by atoms with Gasteiger partial charge >= 0.3 is 0 Å². The number of hydrogen-bond donors (Lipinski definition) is 0. The van der Waals surface area contributed by atoms with Gasteiger partial charge in [-0.1, -0.05) is 25.2 Å². The van der Waals surface area contributed by atoms with Crippen molar-refractivity contribution in [2.75, 3.05) is 13.6 Å². The molecular formula is C23H31NO2S. The van der Waals surface area contributed by atoms with Crippen LogP contribution in [0.1, 0.15) is 83.3 Å². The number of thiophene rings is 1. The zero-order chi connectivity index (χ0) is 28.2. The Bertz CT molecular complexity index is 1150. The summed E-state index contributed by atoms with van der Waals surface area (Å²) in [6, 6.07) is 4.84. The summed E-state index contributed by atoms with van der Waals surface area (Å²) >= 11 is 0.574. The maximum Gasteiger partial charge on any atom is 0.132 e. The van der Waals surface area contributed by atoms with E-state index in [-0.39, 0.29) is 23.1 Å². The molecule has 0 bridgehead atoms. The van der Waals surface area contributed by atoms with Crippen LogP contribution < -0.4 is 4.74 Å². The Hall–Kier alpha value is -1.39. The highest BCUT2D eigenvalue weighted by atomic mass is 32.1. The SMILES string of the molecule is [2H]c1sc(C([2H])([2H])CC([2H])([2H])C[C@@]2(c3ccccn3)CCOC3(CCC([2H])([2H])C3)C2)c(OC([2H])([2H])[2H])c1[2H]. The van der Waals surface area contributed by atoms with Gasteiger partial charge in [0.05, 0.1) is 19.5 Å². The first kappa shape index (κ1) is 9.89. The standard InChI is InChI=1S/C23H31NO2S/c1-25-19-10-17-27-20(19)8-2-4-11-22(21-9-3-7-15-24-21)14-16-26-23(18-22)12-5-6-13-23/h3,7,9-10,15,17H,2,4-6,8,11-14,16,18H2,1H3/t22-/m1/s1/i1D3,4D2,5D2,8D2,10D,17D/t22-,23?. The second kappa shape index (κ2) is 8.32. The molecule has 1 saturated carbocycles. The monoisotopic (exact) mass is 396 g/mol. The Morgan fingerprint density at radius 2 is 2.44 bits per heavy atom. The molecule has 0 radical (unpaired) electrons. The van der Waals surface area contributed by atoms with Crippen LogP contribution in [0.15, 0.2) is 35.8 Å². The Morgan fingerprint density at radius 1 is 1.44 bits per heavy atom. The van der Waals surface area contributed by atoms with Crippen molar-refractivity contribution < 1.29 is 24.6 Å². The average molecular weight is 397 g/mol. The molecule has 1 spiro atoms. The zero-order valence-corrected chi connectivity index (χ0v) is 16.0. The topological polar surface area (TPSA) is 31.4 Å². The van der Waals surface area contributed by atoms with E-state index < -0.39 is 55.4 Å². The second-order valence-electron chi connectivity index (χ2n) is 7.25. The minimum Gasteiger partial charge on any atom is -0.496 e. The molecule has 1 aliphatic heterocycles. The maximum absolute atomic E-state index is 8.93. The number of aryl methyl sites for hydroxylation is 1. The normalized spacial score (nSPS) is 37.3. The third kappa shape index (κ3) is 4.07. The molecule has 0 amide bonds. The summed E-state index contributed by atoms with van der Waals surface area (Å²) in [6.07, 6.45) is -3.28. The lowest BCUT2D eigenvalue weighted by Crippen LogP contribution is -2.46. The van der Waals surface area contributed by atoms with Gasteiger partial charge in [0.2, 0.25) is 0 Å². The van der Waals surface area contributed by atoms with Crippen molar-refractivity contribution in [2.45, 2.75) is 75.1 Å². The summed E-state index contributed by atoms with van der Waals surface area (Å²) < 4.78 is 101. The van der Waals surface area contributed by atoms with E-state index in [9.17, 15) is 0 Å². The molecule has 0 N–H and O–H groups in total. The number of nitrogens with zero attached hydrogens (tertiary/aromatic N) is 1. The molecule has 27 heavy (non-hydrogen) atoms. The molecule has 2 aromatic heterocycles. The second-order valence-corrected chi connectivity index (χ2v) is 8.07. The Morgan fingerprint density at radius 3 is 3.26 bits per heavy atom. The van der Waals surface area contributed by atoms with Crippen LogP contribution in [0.5, 0.6) is 5.75 Å². The van der Waals surface area contributed by atoms with Crippen molar-refractivity contribution in [1.82, 2.24) is 4.98 Å². The van der Waals surface area contributed by atoms with Crippen LogP contribution in [-0.2, 0) is 16.5 Å². The predicted molar refractivity (Wildman–Crippen MR) is 111 cm³/mol. The molecule has 2 aromatic rings. The summed E-state index contributed by atoms with van der Waals surface area (Å²) in [4.78, 5) is 4.23. The van der Waals surface area contributed by atoms with Crippen molar-refractivity contribution in [1.29, 1.82) is 0 Å². The number of aromatic nitrogens is 1. The van der Waals surface area contributed by atoms with Crippen molar-refractivity contribution in [3.63, 3.8) is 0 Å². The first-order valence-electron chi connectivity index (χ1n) is 14.7. The Labute approximate surface area is 182 Å². The molecule has 2 fully saturated rings. The van der Waals surface area contributed by atoms with Gasteiger partial charge < -0.3 is 9.47 Å². The van der Waals surface area contributed by atoms with Gasteiger partial charge in [-0.3, -0.25) is 4.98 Å². The fourth-order valence-corrected chi connectivity index (χ4v) is 4.78. The third-order valence-electron chi connectivity index (χ3n) is 5.53. The average Bonchev–Trinajstić information content (AvgIpc) is 3.22. The van der Waals surface area contributed by atoms with Gasteiger partial charge in [-0.25, -0.2) is 0 Å². The van der Waals surface area contributed by atoms with Crippen LogP contribution in [0.25, 0.3) is 0 Å². The Kier molecular flexibility index (Phi) is 3.05. The van der Waals surface area contributed by atoms with E-state index in [1.54, 1.807) is 12.3 Å².